The van der Waals surface area contributed by atoms with E-state index in [1.807, 2.05) is 30.3 Å². The molecule has 0 aliphatic carbocycles. The quantitative estimate of drug-likeness (QED) is 0.865. The molecule has 0 saturated carbocycles. The number of nitrogens with one attached hydrogen (secondary N) is 1. The van der Waals surface area contributed by atoms with Crippen molar-refractivity contribution in [2.75, 3.05) is 5.32 Å². The Hall–Kier alpha value is -1.06. The smallest absolute Gasteiger partial charge is 0.126 e. The predicted molar refractivity (Wildman–Crippen MR) is 60.9 cm³/mol. The maximum absolute atomic E-state index is 5.82. The van der Waals surface area contributed by atoms with Crippen LogP contribution in [0.5, 0.6) is 0 Å². The van der Waals surface area contributed by atoms with Gasteiger partial charge in [-0.25, -0.2) is 4.98 Å². The molecule has 14 heavy (non-hydrogen) atoms. The van der Waals surface area contributed by atoms with Gasteiger partial charge in [0.1, 0.15) is 5.82 Å². The van der Waals surface area contributed by atoms with E-state index < -0.39 is 0 Å². The molecule has 0 spiro atoms. The molecule has 2 rings (SSSR count). The second-order valence-electron chi connectivity index (χ2n) is 2.77. The van der Waals surface area contributed by atoms with E-state index in [0.717, 1.165) is 16.7 Å². The van der Waals surface area contributed by atoms with Gasteiger partial charge < -0.3 is 5.32 Å². The van der Waals surface area contributed by atoms with Crippen LogP contribution in [0.4, 0.5) is 5.82 Å². The van der Waals surface area contributed by atoms with E-state index in [0.29, 0.717) is 0 Å². The Kier molecular flexibility index (Phi) is 3.01. The molecule has 2 aromatic heterocycles. The monoisotopic (exact) mass is 224 g/mol. The summed E-state index contributed by atoms with van der Waals surface area (Å²) < 4.78 is 0.822. The summed E-state index contributed by atoms with van der Waals surface area (Å²) in [7, 11) is 0. The lowest BCUT2D eigenvalue weighted by molar-refractivity contribution is 1.14. The van der Waals surface area contributed by atoms with Gasteiger partial charge in [0.15, 0.2) is 0 Å². The molecule has 0 unspecified atom stereocenters. The lowest BCUT2D eigenvalue weighted by atomic mass is 10.4. The second kappa shape index (κ2) is 4.44. The molecule has 0 aromatic carbocycles. The molecule has 72 valence electrons. The molecule has 2 heterocycles. The summed E-state index contributed by atoms with van der Waals surface area (Å²) in [6.07, 6.45) is 1.77. The second-order valence-corrected chi connectivity index (χ2v) is 4.57. The van der Waals surface area contributed by atoms with E-state index in [4.69, 9.17) is 11.6 Å². The van der Waals surface area contributed by atoms with Crippen LogP contribution in [0, 0.1) is 0 Å². The van der Waals surface area contributed by atoms with E-state index in [1.165, 1.54) is 4.88 Å². The Balaban J connectivity index is 1.95. The third kappa shape index (κ3) is 2.47. The van der Waals surface area contributed by atoms with E-state index in [1.54, 1.807) is 17.5 Å². The molecule has 0 aliphatic heterocycles. The molecule has 0 amide bonds. The highest BCUT2D eigenvalue weighted by molar-refractivity contribution is 7.16. The van der Waals surface area contributed by atoms with Gasteiger partial charge in [-0.1, -0.05) is 17.7 Å². The van der Waals surface area contributed by atoms with Crippen LogP contribution in [0.25, 0.3) is 0 Å². The minimum absolute atomic E-state index is 0.772. The number of anilines is 1. The fraction of sp³-hybridized carbons (Fsp3) is 0.100. The molecule has 0 atom stereocenters. The summed E-state index contributed by atoms with van der Waals surface area (Å²) >= 11 is 7.40. The highest BCUT2D eigenvalue weighted by Gasteiger charge is 1.97. The van der Waals surface area contributed by atoms with Crippen LogP contribution in [0.15, 0.2) is 36.5 Å². The maximum Gasteiger partial charge on any atom is 0.126 e. The SMILES string of the molecule is Clc1ccc(CNc2ccccn2)s1. The Morgan fingerprint density at radius 2 is 2.21 bits per heavy atom. The first-order valence-corrected chi connectivity index (χ1v) is 5.43. The zero-order valence-electron chi connectivity index (χ0n) is 7.40. The molecule has 0 radical (unpaired) electrons. The topological polar surface area (TPSA) is 24.9 Å². The highest BCUT2D eigenvalue weighted by Crippen LogP contribution is 2.21. The third-order valence-corrected chi connectivity index (χ3v) is 2.97. The van der Waals surface area contributed by atoms with Crippen molar-refractivity contribution in [3.63, 3.8) is 0 Å². The van der Waals surface area contributed by atoms with Gasteiger partial charge in [-0.2, -0.15) is 0 Å². The van der Waals surface area contributed by atoms with Crippen molar-refractivity contribution < 1.29 is 0 Å². The first-order chi connectivity index (χ1) is 6.84. The Bertz CT molecular complexity index is 400. The van der Waals surface area contributed by atoms with Crippen molar-refractivity contribution in [2.24, 2.45) is 0 Å². The molecule has 0 aliphatic rings. The summed E-state index contributed by atoms with van der Waals surface area (Å²) in [5.41, 5.74) is 0. The lowest BCUT2D eigenvalue weighted by Crippen LogP contribution is -1.98. The van der Waals surface area contributed by atoms with Crippen molar-refractivity contribution in [1.29, 1.82) is 0 Å². The summed E-state index contributed by atoms with van der Waals surface area (Å²) in [4.78, 5) is 5.37. The number of hydrogen-bond donors (Lipinski definition) is 1. The number of thiophene rings is 1. The number of pyridine rings is 1. The van der Waals surface area contributed by atoms with Crippen molar-refractivity contribution in [3.05, 3.63) is 45.7 Å². The molecule has 0 saturated heterocycles. The number of halogens is 1. The molecule has 0 bridgehead atoms. The van der Waals surface area contributed by atoms with Crippen LogP contribution >= 0.6 is 22.9 Å². The van der Waals surface area contributed by atoms with Crippen LogP contribution in [0.2, 0.25) is 4.34 Å². The number of nitrogens with zero attached hydrogens (tertiary/aromatic N) is 1. The molecule has 0 fully saturated rings. The normalized spacial score (nSPS) is 10.1. The Labute approximate surface area is 91.6 Å². The largest absolute Gasteiger partial charge is 0.365 e. The van der Waals surface area contributed by atoms with E-state index in [-0.39, 0.29) is 0 Å². The van der Waals surface area contributed by atoms with Gasteiger partial charge in [-0.05, 0) is 24.3 Å². The Morgan fingerprint density at radius 3 is 2.86 bits per heavy atom. The van der Waals surface area contributed by atoms with Crippen LogP contribution in [-0.4, -0.2) is 4.98 Å². The molecular formula is C10H9ClN2S. The van der Waals surface area contributed by atoms with Gasteiger partial charge in [0.25, 0.3) is 0 Å². The van der Waals surface area contributed by atoms with Gasteiger partial charge in [0, 0.05) is 11.1 Å². The minimum Gasteiger partial charge on any atom is -0.365 e. The van der Waals surface area contributed by atoms with Crippen molar-refractivity contribution in [1.82, 2.24) is 4.98 Å². The fourth-order valence-electron chi connectivity index (χ4n) is 1.09. The first kappa shape index (κ1) is 9.49. The van der Waals surface area contributed by atoms with Crippen LogP contribution in [0.3, 0.4) is 0 Å². The average Bonchev–Trinajstić information content (AvgIpc) is 2.63. The van der Waals surface area contributed by atoms with Gasteiger partial charge in [-0.3, -0.25) is 0 Å². The third-order valence-electron chi connectivity index (χ3n) is 1.74. The summed E-state index contributed by atoms with van der Waals surface area (Å²) in [6.45, 7) is 0.772. The van der Waals surface area contributed by atoms with Gasteiger partial charge in [0.05, 0.1) is 10.9 Å². The standard InChI is InChI=1S/C10H9ClN2S/c11-9-5-4-8(14-9)7-13-10-3-1-2-6-12-10/h1-6H,7H2,(H,12,13). The van der Waals surface area contributed by atoms with Crippen LogP contribution in [-0.2, 0) is 6.54 Å². The van der Waals surface area contributed by atoms with E-state index >= 15 is 0 Å². The maximum atomic E-state index is 5.82. The average molecular weight is 225 g/mol. The van der Waals surface area contributed by atoms with Gasteiger partial charge >= 0.3 is 0 Å². The molecule has 4 heteroatoms. The number of hydrogen-bond acceptors (Lipinski definition) is 3. The summed E-state index contributed by atoms with van der Waals surface area (Å²) in [5, 5.41) is 3.21. The van der Waals surface area contributed by atoms with E-state index in [9.17, 15) is 0 Å². The van der Waals surface area contributed by atoms with Gasteiger partial charge in [-0.15, -0.1) is 11.3 Å². The molecular weight excluding hydrogens is 216 g/mol. The molecule has 2 aromatic rings. The number of rotatable bonds is 3. The van der Waals surface area contributed by atoms with Gasteiger partial charge in [0.2, 0.25) is 0 Å². The van der Waals surface area contributed by atoms with Crippen LogP contribution < -0.4 is 5.32 Å². The lowest BCUT2D eigenvalue weighted by Gasteiger charge is -2.01. The Morgan fingerprint density at radius 1 is 1.29 bits per heavy atom. The minimum atomic E-state index is 0.772. The number of aromatic nitrogens is 1. The predicted octanol–water partition coefficient (Wildman–Crippen LogP) is 3.41. The van der Waals surface area contributed by atoms with Crippen LogP contribution in [0.1, 0.15) is 4.88 Å². The zero-order chi connectivity index (χ0) is 9.80. The van der Waals surface area contributed by atoms with Crippen molar-refractivity contribution in [3.8, 4) is 0 Å². The summed E-state index contributed by atoms with van der Waals surface area (Å²) in [6, 6.07) is 9.71. The fourth-order valence-corrected chi connectivity index (χ4v) is 2.12. The van der Waals surface area contributed by atoms with Crippen molar-refractivity contribution in [2.45, 2.75) is 6.54 Å². The zero-order valence-corrected chi connectivity index (χ0v) is 8.98. The van der Waals surface area contributed by atoms with Crippen molar-refractivity contribution >= 4 is 28.8 Å². The molecule has 1 N–H and O–H groups in total. The first-order valence-electron chi connectivity index (χ1n) is 4.24. The summed E-state index contributed by atoms with van der Waals surface area (Å²) in [5.74, 6) is 0.886. The highest BCUT2D eigenvalue weighted by atomic mass is 35.5. The molecule has 2 nitrogen and oxygen atoms in total. The van der Waals surface area contributed by atoms with E-state index in [2.05, 4.69) is 10.3 Å².